The van der Waals surface area contributed by atoms with Crippen molar-refractivity contribution in [1.82, 2.24) is 0 Å². The highest BCUT2D eigenvalue weighted by molar-refractivity contribution is 5.39. The minimum Gasteiger partial charge on any atom is -0.493 e. The highest BCUT2D eigenvalue weighted by atomic mass is 16.5. The van der Waals surface area contributed by atoms with Gasteiger partial charge in [0.05, 0.1) is 24.9 Å². The third-order valence-electron chi connectivity index (χ3n) is 3.98. The Bertz CT molecular complexity index is 433. The minimum atomic E-state index is -0.0119. The van der Waals surface area contributed by atoms with E-state index in [1.807, 2.05) is 0 Å². The number of ether oxygens (including phenoxy) is 2. The molecular formula is C15H21NO2. The van der Waals surface area contributed by atoms with E-state index in [2.05, 4.69) is 25.1 Å². The van der Waals surface area contributed by atoms with Crippen LogP contribution in [0.15, 0.2) is 18.2 Å². The second-order valence-electron chi connectivity index (χ2n) is 5.41. The third kappa shape index (κ3) is 2.25. The summed E-state index contributed by atoms with van der Waals surface area (Å²) < 4.78 is 11.5. The molecule has 2 aliphatic rings. The summed E-state index contributed by atoms with van der Waals surface area (Å²) in [6, 6.07) is 6.33. The predicted octanol–water partition coefficient (Wildman–Crippen LogP) is 2.58. The maximum Gasteiger partial charge on any atom is 0.122 e. The summed E-state index contributed by atoms with van der Waals surface area (Å²) in [7, 11) is 0. The van der Waals surface area contributed by atoms with Crippen LogP contribution in [0.4, 0.5) is 0 Å². The van der Waals surface area contributed by atoms with Crippen molar-refractivity contribution in [2.75, 3.05) is 6.61 Å². The van der Waals surface area contributed by atoms with Crippen LogP contribution in [0.2, 0.25) is 0 Å². The van der Waals surface area contributed by atoms with Crippen molar-refractivity contribution < 1.29 is 9.47 Å². The van der Waals surface area contributed by atoms with Crippen LogP contribution in [0.5, 0.6) is 5.75 Å². The second kappa shape index (κ2) is 4.90. The first-order valence-electron chi connectivity index (χ1n) is 6.90. The standard InChI is InChI=1S/C15H21NO2/c1-10-4-6-14(18-10)15(16)12-5-7-13-11(9-12)3-2-8-17-13/h5,7,9-10,14-15H,2-4,6,8,16H2,1H3. The molecule has 1 fully saturated rings. The molecule has 1 aromatic rings. The fourth-order valence-corrected chi connectivity index (χ4v) is 2.90. The zero-order chi connectivity index (χ0) is 12.5. The lowest BCUT2D eigenvalue weighted by molar-refractivity contribution is 0.0401. The Morgan fingerprint density at radius 3 is 3.00 bits per heavy atom. The summed E-state index contributed by atoms with van der Waals surface area (Å²) in [5.74, 6) is 1.03. The molecule has 3 rings (SSSR count). The van der Waals surface area contributed by atoms with Gasteiger partial charge in [0.1, 0.15) is 5.75 Å². The van der Waals surface area contributed by atoms with E-state index in [4.69, 9.17) is 15.2 Å². The van der Waals surface area contributed by atoms with Crippen molar-refractivity contribution in [2.24, 2.45) is 5.73 Å². The van der Waals surface area contributed by atoms with Crippen molar-refractivity contribution in [3.63, 3.8) is 0 Å². The SMILES string of the molecule is CC1CCC(C(N)c2ccc3c(c2)CCCO3)O1. The average Bonchev–Trinajstić information content (AvgIpc) is 2.84. The zero-order valence-corrected chi connectivity index (χ0v) is 10.9. The van der Waals surface area contributed by atoms with Crippen LogP contribution in [0.25, 0.3) is 0 Å². The van der Waals surface area contributed by atoms with Gasteiger partial charge < -0.3 is 15.2 Å². The molecule has 0 radical (unpaired) electrons. The highest BCUT2D eigenvalue weighted by Crippen LogP contribution is 2.32. The molecule has 1 saturated heterocycles. The van der Waals surface area contributed by atoms with Gasteiger partial charge in [-0.05, 0) is 49.8 Å². The van der Waals surface area contributed by atoms with E-state index in [1.165, 1.54) is 11.1 Å². The summed E-state index contributed by atoms with van der Waals surface area (Å²) in [5, 5.41) is 0. The van der Waals surface area contributed by atoms with Gasteiger partial charge in [-0.2, -0.15) is 0 Å². The normalized spacial score (nSPS) is 28.6. The number of hydrogen-bond donors (Lipinski definition) is 1. The molecule has 3 atom stereocenters. The number of hydrogen-bond acceptors (Lipinski definition) is 3. The number of benzene rings is 1. The van der Waals surface area contributed by atoms with E-state index >= 15 is 0 Å². The molecule has 0 bridgehead atoms. The maximum atomic E-state index is 6.33. The lowest BCUT2D eigenvalue weighted by Crippen LogP contribution is -2.26. The van der Waals surface area contributed by atoms with E-state index < -0.39 is 0 Å². The molecule has 0 spiro atoms. The van der Waals surface area contributed by atoms with Gasteiger partial charge in [0.2, 0.25) is 0 Å². The Kier molecular flexibility index (Phi) is 3.27. The highest BCUT2D eigenvalue weighted by Gasteiger charge is 2.28. The Labute approximate surface area is 108 Å². The molecule has 0 amide bonds. The van der Waals surface area contributed by atoms with Crippen LogP contribution < -0.4 is 10.5 Å². The number of rotatable bonds is 2. The van der Waals surface area contributed by atoms with Gasteiger partial charge in [0.25, 0.3) is 0 Å². The Morgan fingerprint density at radius 1 is 1.33 bits per heavy atom. The topological polar surface area (TPSA) is 44.5 Å². The van der Waals surface area contributed by atoms with Gasteiger partial charge in [0.15, 0.2) is 0 Å². The lowest BCUT2D eigenvalue weighted by Gasteiger charge is -2.23. The van der Waals surface area contributed by atoms with E-state index in [-0.39, 0.29) is 12.1 Å². The smallest absolute Gasteiger partial charge is 0.122 e. The molecule has 0 aliphatic carbocycles. The summed E-state index contributed by atoms with van der Waals surface area (Å²) >= 11 is 0. The molecule has 2 aliphatic heterocycles. The monoisotopic (exact) mass is 247 g/mol. The average molecular weight is 247 g/mol. The van der Waals surface area contributed by atoms with E-state index in [1.54, 1.807) is 0 Å². The molecule has 2 N–H and O–H groups in total. The van der Waals surface area contributed by atoms with Crippen molar-refractivity contribution in [2.45, 2.75) is 50.9 Å². The minimum absolute atomic E-state index is 0.0119. The molecule has 2 heterocycles. The third-order valence-corrected chi connectivity index (χ3v) is 3.98. The quantitative estimate of drug-likeness (QED) is 0.873. The van der Waals surface area contributed by atoms with Crippen LogP contribution in [0, 0.1) is 0 Å². The fourth-order valence-electron chi connectivity index (χ4n) is 2.90. The largest absolute Gasteiger partial charge is 0.493 e. The van der Waals surface area contributed by atoms with Crippen LogP contribution in [0.3, 0.4) is 0 Å². The van der Waals surface area contributed by atoms with Crippen LogP contribution in [0.1, 0.15) is 43.4 Å². The molecule has 18 heavy (non-hydrogen) atoms. The molecule has 3 nitrogen and oxygen atoms in total. The van der Waals surface area contributed by atoms with Crippen molar-refractivity contribution in [3.8, 4) is 5.75 Å². The molecule has 1 aromatic carbocycles. The van der Waals surface area contributed by atoms with Gasteiger partial charge in [-0.3, -0.25) is 0 Å². The van der Waals surface area contributed by atoms with E-state index in [0.29, 0.717) is 6.10 Å². The Balaban J connectivity index is 1.79. The summed E-state index contributed by atoms with van der Waals surface area (Å²) in [4.78, 5) is 0. The molecular weight excluding hydrogens is 226 g/mol. The molecule has 0 aromatic heterocycles. The van der Waals surface area contributed by atoms with Gasteiger partial charge in [-0.1, -0.05) is 12.1 Å². The molecule has 3 unspecified atom stereocenters. The van der Waals surface area contributed by atoms with E-state index in [0.717, 1.165) is 38.0 Å². The first kappa shape index (κ1) is 12.0. The number of nitrogens with two attached hydrogens (primary N) is 1. The second-order valence-corrected chi connectivity index (χ2v) is 5.41. The van der Waals surface area contributed by atoms with E-state index in [9.17, 15) is 0 Å². The van der Waals surface area contributed by atoms with Gasteiger partial charge in [-0.25, -0.2) is 0 Å². The summed E-state index contributed by atoms with van der Waals surface area (Å²) in [6.45, 7) is 2.95. The van der Waals surface area contributed by atoms with Crippen molar-refractivity contribution >= 4 is 0 Å². The van der Waals surface area contributed by atoms with Crippen LogP contribution >= 0.6 is 0 Å². The van der Waals surface area contributed by atoms with Crippen molar-refractivity contribution in [1.29, 1.82) is 0 Å². The first-order chi connectivity index (χ1) is 8.74. The summed E-state index contributed by atoms with van der Waals surface area (Å²) in [5.41, 5.74) is 8.80. The molecule has 3 heteroatoms. The summed E-state index contributed by atoms with van der Waals surface area (Å²) in [6.07, 6.45) is 4.90. The van der Waals surface area contributed by atoms with Gasteiger partial charge in [0, 0.05) is 0 Å². The molecule has 0 saturated carbocycles. The van der Waals surface area contributed by atoms with Gasteiger partial charge in [-0.15, -0.1) is 0 Å². The number of aryl methyl sites for hydroxylation is 1. The predicted molar refractivity (Wildman–Crippen MR) is 70.8 cm³/mol. The lowest BCUT2D eigenvalue weighted by atomic mass is 9.96. The van der Waals surface area contributed by atoms with Crippen molar-refractivity contribution in [3.05, 3.63) is 29.3 Å². The zero-order valence-electron chi connectivity index (χ0n) is 10.9. The van der Waals surface area contributed by atoms with Gasteiger partial charge >= 0.3 is 0 Å². The fraction of sp³-hybridized carbons (Fsp3) is 0.600. The first-order valence-corrected chi connectivity index (χ1v) is 6.90. The Morgan fingerprint density at radius 2 is 2.22 bits per heavy atom. The van der Waals surface area contributed by atoms with Crippen LogP contribution in [-0.2, 0) is 11.2 Å². The molecule has 98 valence electrons. The van der Waals surface area contributed by atoms with Crippen LogP contribution in [-0.4, -0.2) is 18.8 Å². The number of fused-ring (bicyclic) bond motifs is 1. The maximum absolute atomic E-state index is 6.33. The Hall–Kier alpha value is -1.06.